The highest BCUT2D eigenvalue weighted by atomic mass is 35.5. The molecule has 29 heavy (non-hydrogen) atoms. The molecule has 0 aliphatic heterocycles. The summed E-state index contributed by atoms with van der Waals surface area (Å²) in [5.41, 5.74) is -1.12. The van der Waals surface area contributed by atoms with Crippen molar-refractivity contribution in [3.05, 3.63) is 68.8 Å². The molecule has 0 atom stereocenters. The number of methoxy groups -OCH3 is 1. The Bertz CT molecular complexity index is 825. The molecule has 12 nitrogen and oxygen atoms in total. The number of carbonyl (C=O) groups is 2. The molecule has 2 aromatic rings. The summed E-state index contributed by atoms with van der Waals surface area (Å²) < 4.78 is 13.3. The molecule has 0 spiro atoms. The van der Waals surface area contributed by atoms with Gasteiger partial charge in [-0.15, -0.1) is 0 Å². The van der Waals surface area contributed by atoms with Gasteiger partial charge < -0.3 is 19.3 Å². The Hall–Kier alpha value is -3.77. The quantitative estimate of drug-likeness (QED) is 0.248. The van der Waals surface area contributed by atoms with Gasteiger partial charge in [-0.3, -0.25) is 20.2 Å². The Balaban J connectivity index is 0.000000499. The molecule has 0 fully saturated rings. The van der Waals surface area contributed by atoms with Crippen LogP contribution in [0.3, 0.4) is 0 Å². The van der Waals surface area contributed by atoms with Crippen molar-refractivity contribution in [2.45, 2.75) is 0 Å². The molecule has 0 saturated heterocycles. The Kier molecular flexibility index (Phi) is 11.7. The van der Waals surface area contributed by atoms with E-state index in [0.717, 1.165) is 7.11 Å². The van der Waals surface area contributed by atoms with Crippen molar-refractivity contribution in [1.82, 2.24) is 0 Å². The fraction of sp³-hybridized carbons (Fsp3) is 0.125. The predicted octanol–water partition coefficient (Wildman–Crippen LogP) is 3.68. The zero-order chi connectivity index (χ0) is 22.4. The fourth-order valence-corrected chi connectivity index (χ4v) is 1.59. The van der Waals surface area contributed by atoms with E-state index >= 15 is 0 Å². The van der Waals surface area contributed by atoms with E-state index < -0.39 is 21.4 Å². The number of nitro groups is 2. The Morgan fingerprint density at radius 2 is 1.17 bits per heavy atom. The maximum Gasteiger partial charge on any atom is 0.513 e. The monoisotopic (exact) mass is 430 g/mol. The van der Waals surface area contributed by atoms with Crippen molar-refractivity contribution in [3.63, 3.8) is 0 Å². The number of nitro benzene ring substituents is 2. The van der Waals surface area contributed by atoms with Crippen LogP contribution >= 0.6 is 11.6 Å². The zero-order valence-corrected chi connectivity index (χ0v) is 15.8. The standard InChI is InChI=1S/C8H7NO5.C7H4ClNO4.CH4O/c1-13-8(10)14-7-4-2-6(3-5-7)9(11)12;8-7(10)13-6-3-1-5(2-4-6)9(11)12;1-2/h2-5H,1H3;1-4H;2H,1H3. The number of hydrogen-bond donors (Lipinski definition) is 1. The molecule has 13 heteroatoms. The van der Waals surface area contributed by atoms with Crippen molar-refractivity contribution >= 4 is 34.6 Å². The molecule has 0 radical (unpaired) electrons. The van der Waals surface area contributed by atoms with Crippen LogP contribution in [-0.2, 0) is 4.74 Å². The van der Waals surface area contributed by atoms with Crippen LogP contribution in [0.15, 0.2) is 48.5 Å². The number of hydrogen-bond acceptors (Lipinski definition) is 10. The van der Waals surface area contributed by atoms with E-state index in [0.29, 0.717) is 0 Å². The highest BCUT2D eigenvalue weighted by Crippen LogP contribution is 2.18. The van der Waals surface area contributed by atoms with Crippen molar-refractivity contribution in [2.75, 3.05) is 14.2 Å². The molecule has 0 heterocycles. The van der Waals surface area contributed by atoms with Gasteiger partial charge >= 0.3 is 11.6 Å². The van der Waals surface area contributed by atoms with Gasteiger partial charge in [-0.05, 0) is 24.3 Å². The molecule has 0 aliphatic carbocycles. The number of carbonyl (C=O) groups excluding carboxylic acids is 2. The molecule has 0 aromatic heterocycles. The first-order chi connectivity index (χ1) is 13.7. The summed E-state index contributed by atoms with van der Waals surface area (Å²) in [4.78, 5) is 40.2. The second-order valence-electron chi connectivity index (χ2n) is 4.40. The van der Waals surface area contributed by atoms with Gasteiger partial charge in [0, 0.05) is 43.0 Å². The summed E-state index contributed by atoms with van der Waals surface area (Å²) in [6, 6.07) is 10.1. The number of ether oxygens (including phenoxy) is 3. The van der Waals surface area contributed by atoms with Gasteiger partial charge in [0.2, 0.25) is 0 Å². The lowest BCUT2D eigenvalue weighted by atomic mass is 10.3. The SMILES string of the molecule is CO.COC(=O)Oc1ccc([N+](=O)[O-])cc1.O=C(Cl)Oc1ccc([N+](=O)[O-])cc1. The lowest BCUT2D eigenvalue weighted by Crippen LogP contribution is -2.06. The summed E-state index contributed by atoms with van der Waals surface area (Å²) in [5, 5.41) is 27.5. The Morgan fingerprint density at radius 1 is 0.828 bits per heavy atom. The van der Waals surface area contributed by atoms with Crippen LogP contribution in [-0.4, -0.2) is 40.8 Å². The van der Waals surface area contributed by atoms with E-state index in [1.807, 2.05) is 0 Å². The van der Waals surface area contributed by atoms with E-state index in [-0.39, 0.29) is 22.9 Å². The van der Waals surface area contributed by atoms with Crippen LogP contribution in [0.5, 0.6) is 11.5 Å². The third-order valence-corrected chi connectivity index (χ3v) is 2.74. The van der Waals surface area contributed by atoms with Gasteiger partial charge in [0.15, 0.2) is 0 Å². The second kappa shape index (κ2) is 13.4. The number of nitrogens with zero attached hydrogens (tertiary/aromatic N) is 2. The largest absolute Gasteiger partial charge is 0.513 e. The summed E-state index contributed by atoms with van der Waals surface area (Å²) in [5.74, 6) is 0.369. The Labute approximate surface area is 168 Å². The molecule has 2 aromatic carbocycles. The topological polar surface area (TPSA) is 168 Å². The lowest BCUT2D eigenvalue weighted by Gasteiger charge is -2.00. The smallest absolute Gasteiger partial charge is 0.437 e. The zero-order valence-electron chi connectivity index (χ0n) is 15.0. The summed E-state index contributed by atoms with van der Waals surface area (Å²) >= 11 is 4.92. The molecule has 2 rings (SSSR count). The van der Waals surface area contributed by atoms with Gasteiger partial charge in [-0.25, -0.2) is 9.59 Å². The number of aliphatic hydroxyl groups is 1. The first kappa shape index (κ1) is 25.2. The van der Waals surface area contributed by atoms with Crippen LogP contribution < -0.4 is 9.47 Å². The minimum atomic E-state index is -0.978. The highest BCUT2D eigenvalue weighted by molar-refractivity contribution is 6.61. The van der Waals surface area contributed by atoms with Crippen molar-refractivity contribution in [1.29, 1.82) is 0 Å². The average molecular weight is 431 g/mol. The van der Waals surface area contributed by atoms with Gasteiger partial charge in [0.05, 0.1) is 17.0 Å². The number of halogens is 1. The highest BCUT2D eigenvalue weighted by Gasteiger charge is 2.07. The molecule has 0 amide bonds. The Morgan fingerprint density at radius 3 is 1.45 bits per heavy atom. The minimum Gasteiger partial charge on any atom is -0.437 e. The van der Waals surface area contributed by atoms with E-state index in [1.54, 1.807) is 0 Å². The number of aliphatic hydroxyl groups excluding tert-OH is 1. The van der Waals surface area contributed by atoms with E-state index in [2.05, 4.69) is 14.2 Å². The predicted molar refractivity (Wildman–Crippen MR) is 99.2 cm³/mol. The molecule has 0 bridgehead atoms. The van der Waals surface area contributed by atoms with Crippen LogP contribution in [0.2, 0.25) is 0 Å². The van der Waals surface area contributed by atoms with Crippen molar-refractivity contribution in [2.24, 2.45) is 0 Å². The second-order valence-corrected chi connectivity index (χ2v) is 4.71. The fourth-order valence-electron chi connectivity index (χ4n) is 1.50. The first-order valence-corrected chi connectivity index (χ1v) is 7.67. The minimum absolute atomic E-state index is 0.0674. The van der Waals surface area contributed by atoms with Crippen LogP contribution in [0.1, 0.15) is 0 Å². The maximum absolute atomic E-state index is 10.6. The molecule has 1 N–H and O–H groups in total. The number of rotatable bonds is 4. The summed E-state index contributed by atoms with van der Waals surface area (Å²) in [6.07, 6.45) is -0.862. The average Bonchev–Trinajstić information content (AvgIpc) is 2.70. The van der Waals surface area contributed by atoms with Crippen LogP contribution in [0.4, 0.5) is 21.0 Å². The molecular weight excluding hydrogens is 416 g/mol. The van der Waals surface area contributed by atoms with Gasteiger partial charge in [-0.1, -0.05) is 0 Å². The molecule has 0 aliphatic rings. The summed E-state index contributed by atoms with van der Waals surface area (Å²) in [6.45, 7) is 0. The van der Waals surface area contributed by atoms with Gasteiger partial charge in [0.25, 0.3) is 11.4 Å². The van der Waals surface area contributed by atoms with Crippen molar-refractivity contribution in [3.8, 4) is 11.5 Å². The van der Waals surface area contributed by atoms with E-state index in [9.17, 15) is 29.8 Å². The van der Waals surface area contributed by atoms with Crippen molar-refractivity contribution < 1.29 is 38.8 Å². The first-order valence-electron chi connectivity index (χ1n) is 7.29. The summed E-state index contributed by atoms with van der Waals surface area (Å²) in [7, 11) is 2.17. The van der Waals surface area contributed by atoms with Crippen LogP contribution in [0, 0.1) is 20.2 Å². The maximum atomic E-state index is 10.6. The normalized spacial score (nSPS) is 8.83. The van der Waals surface area contributed by atoms with Gasteiger partial charge in [-0.2, -0.15) is 0 Å². The van der Waals surface area contributed by atoms with Gasteiger partial charge in [0.1, 0.15) is 11.5 Å². The van der Waals surface area contributed by atoms with Crippen LogP contribution in [0.25, 0.3) is 0 Å². The number of non-ortho nitro benzene ring substituents is 2. The third-order valence-electron chi connectivity index (χ3n) is 2.66. The molecule has 0 unspecified atom stereocenters. The third kappa shape index (κ3) is 10.2. The number of benzene rings is 2. The molecule has 0 saturated carbocycles. The molecular formula is C16H15ClN2O10. The lowest BCUT2D eigenvalue weighted by molar-refractivity contribution is -0.385. The van der Waals surface area contributed by atoms with E-state index in [4.69, 9.17) is 16.7 Å². The molecule has 156 valence electrons. The van der Waals surface area contributed by atoms with E-state index in [1.165, 1.54) is 55.6 Å².